The molecule has 1 aromatic carbocycles. The molecule has 1 aliphatic carbocycles. The molecule has 2 N–H and O–H groups in total. The summed E-state index contributed by atoms with van der Waals surface area (Å²) in [7, 11) is 0. The van der Waals surface area contributed by atoms with Crippen molar-refractivity contribution in [1.82, 2.24) is 5.32 Å². The first-order valence-electron chi connectivity index (χ1n) is 9.12. The van der Waals surface area contributed by atoms with Crippen LogP contribution in [0.2, 0.25) is 0 Å². The van der Waals surface area contributed by atoms with E-state index in [0.717, 1.165) is 31.7 Å². The van der Waals surface area contributed by atoms with E-state index in [1.807, 2.05) is 0 Å². The van der Waals surface area contributed by atoms with Crippen LogP contribution in [0.4, 0.5) is 13.2 Å². The van der Waals surface area contributed by atoms with Gasteiger partial charge in [0.25, 0.3) is 0 Å². The molecule has 0 saturated heterocycles. The molecule has 1 amide bonds. The molecule has 1 atom stereocenters. The Balaban J connectivity index is 1.91. The van der Waals surface area contributed by atoms with Crippen molar-refractivity contribution < 1.29 is 23.1 Å². The van der Waals surface area contributed by atoms with Crippen LogP contribution in [0.1, 0.15) is 63.7 Å². The summed E-state index contributed by atoms with van der Waals surface area (Å²) in [5.74, 6) is 0.273. The van der Waals surface area contributed by atoms with E-state index in [4.69, 9.17) is 0 Å². The van der Waals surface area contributed by atoms with Crippen LogP contribution in [-0.4, -0.2) is 17.6 Å². The first-order valence-corrected chi connectivity index (χ1v) is 9.12. The number of rotatable bonds is 4. The highest BCUT2D eigenvalue weighted by atomic mass is 19.4. The summed E-state index contributed by atoms with van der Waals surface area (Å²) in [4.78, 5) is 12.3. The molecule has 0 aliphatic heterocycles. The largest absolute Gasteiger partial charge is 0.416 e. The number of hydrogen-bond donors (Lipinski definition) is 2. The predicted octanol–water partition coefficient (Wildman–Crippen LogP) is 4.71. The Morgan fingerprint density at radius 1 is 1.15 bits per heavy atom. The zero-order valence-electron chi connectivity index (χ0n) is 15.6. The minimum atomic E-state index is -4.53. The lowest BCUT2D eigenvalue weighted by Gasteiger charge is -2.36. The average Bonchev–Trinajstić information content (AvgIpc) is 2.58. The molecule has 146 valence electrons. The van der Waals surface area contributed by atoms with Crippen LogP contribution in [0.25, 0.3) is 0 Å². The molecule has 0 heterocycles. The molecule has 1 saturated carbocycles. The van der Waals surface area contributed by atoms with Gasteiger partial charge < -0.3 is 10.4 Å². The van der Waals surface area contributed by atoms with Gasteiger partial charge in [0.1, 0.15) is 0 Å². The molecule has 0 radical (unpaired) electrons. The summed E-state index contributed by atoms with van der Waals surface area (Å²) in [6, 6.07) is 4.91. The molecule has 0 aromatic heterocycles. The smallest absolute Gasteiger partial charge is 0.387 e. The van der Waals surface area contributed by atoms with E-state index in [0.29, 0.717) is 5.92 Å². The average molecular weight is 371 g/mol. The molecular formula is C20H28F3NO2. The van der Waals surface area contributed by atoms with Crippen LogP contribution in [0, 0.1) is 17.3 Å². The van der Waals surface area contributed by atoms with Gasteiger partial charge in [-0.05, 0) is 48.6 Å². The Hall–Kier alpha value is -1.56. The second-order valence-electron chi connectivity index (χ2n) is 8.26. The van der Waals surface area contributed by atoms with Crippen LogP contribution < -0.4 is 5.32 Å². The fraction of sp³-hybridized carbons (Fsp3) is 0.650. The molecule has 6 heteroatoms. The third kappa shape index (κ3) is 5.22. The zero-order valence-corrected chi connectivity index (χ0v) is 15.6. The molecule has 26 heavy (non-hydrogen) atoms. The normalized spacial score (nSPS) is 22.7. The number of carbonyl (C=O) groups is 1. The number of nitrogens with one attached hydrogen (secondary N) is 1. The molecule has 1 fully saturated rings. The predicted molar refractivity (Wildman–Crippen MR) is 94.3 cm³/mol. The zero-order chi connectivity index (χ0) is 19.5. The van der Waals surface area contributed by atoms with E-state index >= 15 is 0 Å². The van der Waals surface area contributed by atoms with Crippen molar-refractivity contribution in [3.8, 4) is 0 Å². The van der Waals surface area contributed by atoms with Crippen LogP contribution >= 0.6 is 0 Å². The Morgan fingerprint density at radius 2 is 1.73 bits per heavy atom. The van der Waals surface area contributed by atoms with E-state index < -0.39 is 17.8 Å². The van der Waals surface area contributed by atoms with Crippen molar-refractivity contribution in [2.24, 2.45) is 17.3 Å². The number of halogens is 3. The maximum Gasteiger partial charge on any atom is 0.416 e. The quantitative estimate of drug-likeness (QED) is 0.805. The SMILES string of the molecule is CC(C)(C)C1CCC(C(=O)NCC(O)c2ccccc2C(F)(F)F)CC1. The lowest BCUT2D eigenvalue weighted by molar-refractivity contribution is -0.139. The summed E-state index contributed by atoms with van der Waals surface area (Å²) in [6.07, 6.45) is -2.41. The van der Waals surface area contributed by atoms with Gasteiger partial charge in [-0.2, -0.15) is 13.2 Å². The standard InChI is InChI=1S/C20H28F3NO2/c1-19(2,3)14-10-8-13(9-11-14)18(26)24-12-17(25)15-6-4-5-7-16(15)20(21,22)23/h4-7,13-14,17,25H,8-12H2,1-3H3,(H,24,26). The summed E-state index contributed by atoms with van der Waals surface area (Å²) >= 11 is 0. The molecule has 1 aromatic rings. The number of hydrogen-bond acceptors (Lipinski definition) is 2. The second-order valence-corrected chi connectivity index (χ2v) is 8.26. The number of benzene rings is 1. The van der Waals surface area contributed by atoms with Gasteiger partial charge in [-0.15, -0.1) is 0 Å². The monoisotopic (exact) mass is 371 g/mol. The minimum Gasteiger partial charge on any atom is -0.387 e. The number of aliphatic hydroxyl groups excluding tert-OH is 1. The van der Waals surface area contributed by atoms with Crippen molar-refractivity contribution in [3.05, 3.63) is 35.4 Å². The Morgan fingerprint density at radius 3 is 2.27 bits per heavy atom. The van der Waals surface area contributed by atoms with Crippen molar-refractivity contribution >= 4 is 5.91 Å². The van der Waals surface area contributed by atoms with Gasteiger partial charge in [-0.3, -0.25) is 4.79 Å². The third-order valence-electron chi connectivity index (χ3n) is 5.42. The van der Waals surface area contributed by atoms with E-state index in [2.05, 4.69) is 26.1 Å². The van der Waals surface area contributed by atoms with E-state index in [9.17, 15) is 23.1 Å². The molecule has 2 rings (SSSR count). The Kier molecular flexibility index (Phi) is 6.37. The highest BCUT2D eigenvalue weighted by Crippen LogP contribution is 2.40. The van der Waals surface area contributed by atoms with Crippen LogP contribution in [-0.2, 0) is 11.0 Å². The number of carbonyl (C=O) groups excluding carboxylic acids is 1. The maximum atomic E-state index is 13.0. The lowest BCUT2D eigenvalue weighted by atomic mass is 9.69. The Labute approximate surface area is 153 Å². The van der Waals surface area contributed by atoms with Crippen molar-refractivity contribution in [2.75, 3.05) is 6.54 Å². The van der Waals surface area contributed by atoms with Gasteiger partial charge in [0.05, 0.1) is 11.7 Å². The summed E-state index contributed by atoms with van der Waals surface area (Å²) in [5, 5.41) is 12.8. The second kappa shape index (κ2) is 7.99. The molecular weight excluding hydrogens is 343 g/mol. The van der Waals surface area contributed by atoms with Gasteiger partial charge in [-0.25, -0.2) is 0 Å². The van der Waals surface area contributed by atoms with Gasteiger partial charge >= 0.3 is 6.18 Å². The van der Waals surface area contributed by atoms with Crippen molar-refractivity contribution in [2.45, 2.75) is 58.7 Å². The third-order valence-corrected chi connectivity index (χ3v) is 5.42. The number of aliphatic hydroxyl groups is 1. The molecule has 1 unspecified atom stereocenters. The maximum absolute atomic E-state index is 13.0. The van der Waals surface area contributed by atoms with Gasteiger partial charge in [0.15, 0.2) is 0 Å². The molecule has 0 spiro atoms. The fourth-order valence-corrected chi connectivity index (χ4v) is 3.72. The van der Waals surface area contributed by atoms with E-state index in [-0.39, 0.29) is 29.3 Å². The van der Waals surface area contributed by atoms with Gasteiger partial charge in [0, 0.05) is 12.5 Å². The number of alkyl halides is 3. The molecule has 1 aliphatic rings. The van der Waals surface area contributed by atoms with Gasteiger partial charge in [-0.1, -0.05) is 39.0 Å². The highest BCUT2D eigenvalue weighted by Gasteiger charge is 2.35. The summed E-state index contributed by atoms with van der Waals surface area (Å²) < 4.78 is 39.1. The summed E-state index contributed by atoms with van der Waals surface area (Å²) in [5.41, 5.74) is -0.858. The number of amides is 1. The minimum absolute atomic E-state index is 0.126. The lowest BCUT2D eigenvalue weighted by Crippen LogP contribution is -2.37. The first-order chi connectivity index (χ1) is 12.0. The Bertz CT molecular complexity index is 614. The molecule has 0 bridgehead atoms. The topological polar surface area (TPSA) is 49.3 Å². The van der Waals surface area contributed by atoms with Crippen LogP contribution in [0.5, 0.6) is 0 Å². The highest BCUT2D eigenvalue weighted by molar-refractivity contribution is 5.78. The first kappa shape index (κ1) is 20.7. The van der Waals surface area contributed by atoms with Crippen molar-refractivity contribution in [3.63, 3.8) is 0 Å². The van der Waals surface area contributed by atoms with Crippen LogP contribution in [0.15, 0.2) is 24.3 Å². The summed E-state index contributed by atoms with van der Waals surface area (Å²) in [6.45, 7) is 6.39. The van der Waals surface area contributed by atoms with Crippen molar-refractivity contribution in [1.29, 1.82) is 0 Å². The molecule has 3 nitrogen and oxygen atoms in total. The van der Waals surface area contributed by atoms with Gasteiger partial charge in [0.2, 0.25) is 5.91 Å². The van der Waals surface area contributed by atoms with E-state index in [1.54, 1.807) is 0 Å². The van der Waals surface area contributed by atoms with Crippen LogP contribution in [0.3, 0.4) is 0 Å². The van der Waals surface area contributed by atoms with E-state index in [1.165, 1.54) is 18.2 Å². The fourth-order valence-electron chi connectivity index (χ4n) is 3.72.